The standard InChI is InChI=1S/C22H22N4O4/c27-21(16-2-3-18-17(12-16)20(22(28)29)24-23-18)26-8-6-25(7-9-26)13-14-1-4-19-15(11-14)5-10-30-19/h1-4,11-12H,5-10,13H2,(H,23,24)(H,28,29). The summed E-state index contributed by atoms with van der Waals surface area (Å²) in [7, 11) is 0. The second-order valence-electron chi connectivity index (χ2n) is 7.75. The average Bonchev–Trinajstić information content (AvgIpc) is 3.39. The molecule has 0 atom stereocenters. The molecule has 0 radical (unpaired) electrons. The van der Waals surface area contributed by atoms with Crippen LogP contribution in [-0.4, -0.2) is 69.8 Å². The molecule has 1 fully saturated rings. The molecule has 1 aromatic heterocycles. The third-order valence-corrected chi connectivity index (χ3v) is 5.83. The van der Waals surface area contributed by atoms with Crippen molar-refractivity contribution in [3.63, 3.8) is 0 Å². The molecule has 0 spiro atoms. The fraction of sp³-hybridized carbons (Fsp3) is 0.318. The number of aromatic amines is 1. The number of ether oxygens (including phenoxy) is 1. The Morgan fingerprint density at radius 3 is 2.73 bits per heavy atom. The molecular formula is C22H22N4O4. The Morgan fingerprint density at radius 2 is 1.93 bits per heavy atom. The molecule has 0 bridgehead atoms. The van der Waals surface area contributed by atoms with Crippen molar-refractivity contribution in [2.75, 3.05) is 32.8 Å². The van der Waals surface area contributed by atoms with E-state index >= 15 is 0 Å². The predicted octanol–water partition coefficient (Wildman–Crippen LogP) is 2.15. The molecule has 3 aromatic rings. The summed E-state index contributed by atoms with van der Waals surface area (Å²) < 4.78 is 5.57. The SMILES string of the molecule is O=C(O)c1n[nH]c2ccc(C(=O)N3CCN(Cc4ccc5c(c4)CCO5)CC3)cc12. The molecule has 3 heterocycles. The Morgan fingerprint density at radius 1 is 1.10 bits per heavy atom. The number of rotatable bonds is 4. The quantitative estimate of drug-likeness (QED) is 0.689. The van der Waals surface area contributed by atoms with Gasteiger partial charge in [0.05, 0.1) is 12.1 Å². The first kappa shape index (κ1) is 18.6. The van der Waals surface area contributed by atoms with E-state index in [2.05, 4.69) is 33.3 Å². The van der Waals surface area contributed by atoms with Gasteiger partial charge in [-0.05, 0) is 35.4 Å². The number of hydrogen-bond acceptors (Lipinski definition) is 5. The number of aromatic nitrogens is 2. The zero-order chi connectivity index (χ0) is 20.7. The van der Waals surface area contributed by atoms with Gasteiger partial charge < -0.3 is 14.7 Å². The highest BCUT2D eigenvalue weighted by atomic mass is 16.5. The lowest BCUT2D eigenvalue weighted by molar-refractivity contribution is 0.0627. The molecule has 8 nitrogen and oxygen atoms in total. The monoisotopic (exact) mass is 406 g/mol. The summed E-state index contributed by atoms with van der Waals surface area (Å²) in [4.78, 5) is 28.5. The second-order valence-corrected chi connectivity index (χ2v) is 7.75. The van der Waals surface area contributed by atoms with E-state index in [1.807, 2.05) is 4.90 Å². The van der Waals surface area contributed by atoms with Gasteiger partial charge in [0.15, 0.2) is 5.69 Å². The van der Waals surface area contributed by atoms with Crippen molar-refractivity contribution in [2.45, 2.75) is 13.0 Å². The molecule has 0 unspecified atom stereocenters. The number of fused-ring (bicyclic) bond motifs is 2. The van der Waals surface area contributed by atoms with Crippen molar-refractivity contribution in [3.8, 4) is 5.75 Å². The van der Waals surface area contributed by atoms with Gasteiger partial charge in [-0.2, -0.15) is 5.10 Å². The lowest BCUT2D eigenvalue weighted by Gasteiger charge is -2.34. The minimum Gasteiger partial charge on any atom is -0.493 e. The highest BCUT2D eigenvalue weighted by Crippen LogP contribution is 2.26. The number of carbonyl (C=O) groups is 2. The third kappa shape index (κ3) is 3.39. The fourth-order valence-electron chi connectivity index (χ4n) is 4.20. The Balaban J connectivity index is 1.24. The molecule has 0 saturated carbocycles. The number of piperazine rings is 1. The van der Waals surface area contributed by atoms with Crippen LogP contribution in [0.4, 0.5) is 0 Å². The van der Waals surface area contributed by atoms with Crippen LogP contribution in [0.15, 0.2) is 36.4 Å². The number of carboxylic acids is 1. The van der Waals surface area contributed by atoms with Crippen LogP contribution in [0.3, 0.4) is 0 Å². The van der Waals surface area contributed by atoms with Gasteiger partial charge in [-0.25, -0.2) is 4.79 Å². The minimum absolute atomic E-state index is 0.0655. The summed E-state index contributed by atoms with van der Waals surface area (Å²) in [5.74, 6) is -0.198. The molecule has 8 heteroatoms. The average molecular weight is 406 g/mol. The van der Waals surface area contributed by atoms with Gasteiger partial charge >= 0.3 is 5.97 Å². The van der Waals surface area contributed by atoms with Gasteiger partial charge in [-0.3, -0.25) is 14.8 Å². The zero-order valence-corrected chi connectivity index (χ0v) is 16.4. The van der Waals surface area contributed by atoms with Crippen LogP contribution in [0.1, 0.15) is 32.0 Å². The smallest absolute Gasteiger partial charge is 0.357 e. The van der Waals surface area contributed by atoms with Gasteiger partial charge in [0.1, 0.15) is 5.75 Å². The van der Waals surface area contributed by atoms with E-state index in [4.69, 9.17) is 4.74 Å². The van der Waals surface area contributed by atoms with Crippen LogP contribution in [0.2, 0.25) is 0 Å². The summed E-state index contributed by atoms with van der Waals surface area (Å²) in [6.45, 7) is 4.50. The molecule has 0 aliphatic carbocycles. The summed E-state index contributed by atoms with van der Waals surface area (Å²) in [5, 5.41) is 16.2. The van der Waals surface area contributed by atoms with E-state index in [0.717, 1.165) is 38.4 Å². The molecule has 1 saturated heterocycles. The largest absolute Gasteiger partial charge is 0.493 e. The highest BCUT2D eigenvalue weighted by Gasteiger charge is 2.24. The van der Waals surface area contributed by atoms with Gasteiger partial charge in [-0.1, -0.05) is 12.1 Å². The van der Waals surface area contributed by atoms with Gasteiger partial charge in [0, 0.05) is 50.1 Å². The molecule has 2 aliphatic rings. The van der Waals surface area contributed by atoms with Crippen LogP contribution in [-0.2, 0) is 13.0 Å². The number of amides is 1. The van der Waals surface area contributed by atoms with E-state index in [1.54, 1.807) is 18.2 Å². The minimum atomic E-state index is -1.11. The number of nitrogens with zero attached hydrogens (tertiary/aromatic N) is 3. The van der Waals surface area contributed by atoms with Crippen molar-refractivity contribution in [1.82, 2.24) is 20.0 Å². The number of carbonyl (C=O) groups excluding carboxylic acids is 1. The highest BCUT2D eigenvalue weighted by molar-refractivity contribution is 6.04. The summed E-state index contributed by atoms with van der Waals surface area (Å²) >= 11 is 0. The van der Waals surface area contributed by atoms with E-state index < -0.39 is 5.97 Å². The Kier molecular flexibility index (Phi) is 4.63. The first-order valence-corrected chi connectivity index (χ1v) is 10.1. The molecular weight excluding hydrogens is 384 g/mol. The Bertz CT molecular complexity index is 1130. The maximum atomic E-state index is 13.0. The molecule has 154 valence electrons. The van der Waals surface area contributed by atoms with Crippen LogP contribution in [0, 0.1) is 0 Å². The molecule has 1 amide bonds. The predicted molar refractivity (Wildman–Crippen MR) is 110 cm³/mol. The lowest BCUT2D eigenvalue weighted by Crippen LogP contribution is -2.48. The number of hydrogen-bond donors (Lipinski definition) is 2. The number of nitrogens with one attached hydrogen (secondary N) is 1. The molecule has 2 aliphatic heterocycles. The first-order chi connectivity index (χ1) is 14.6. The zero-order valence-electron chi connectivity index (χ0n) is 16.4. The van der Waals surface area contributed by atoms with E-state index in [1.165, 1.54) is 11.1 Å². The molecule has 30 heavy (non-hydrogen) atoms. The first-order valence-electron chi connectivity index (χ1n) is 10.1. The van der Waals surface area contributed by atoms with Crippen LogP contribution < -0.4 is 4.74 Å². The number of carboxylic acid groups (broad SMARTS) is 1. The van der Waals surface area contributed by atoms with E-state index in [0.29, 0.717) is 29.6 Å². The molecule has 2 aromatic carbocycles. The molecule has 2 N–H and O–H groups in total. The third-order valence-electron chi connectivity index (χ3n) is 5.83. The van der Waals surface area contributed by atoms with Crippen LogP contribution in [0.5, 0.6) is 5.75 Å². The van der Waals surface area contributed by atoms with Gasteiger partial charge in [0.2, 0.25) is 0 Å². The fourth-order valence-corrected chi connectivity index (χ4v) is 4.20. The normalized spacial score (nSPS) is 16.5. The maximum absolute atomic E-state index is 13.0. The Hall–Kier alpha value is -3.39. The number of H-pyrrole nitrogens is 1. The molecule has 5 rings (SSSR count). The summed E-state index contributed by atoms with van der Waals surface area (Å²) in [6, 6.07) is 11.4. The van der Waals surface area contributed by atoms with Crippen molar-refractivity contribution >= 4 is 22.8 Å². The second kappa shape index (κ2) is 7.46. The topological polar surface area (TPSA) is 98.8 Å². The van der Waals surface area contributed by atoms with Crippen molar-refractivity contribution in [2.24, 2.45) is 0 Å². The van der Waals surface area contributed by atoms with Gasteiger partial charge in [0.25, 0.3) is 5.91 Å². The number of benzene rings is 2. The van der Waals surface area contributed by atoms with Crippen molar-refractivity contribution < 1.29 is 19.4 Å². The maximum Gasteiger partial charge on any atom is 0.357 e. The van der Waals surface area contributed by atoms with Crippen molar-refractivity contribution in [3.05, 3.63) is 58.8 Å². The van der Waals surface area contributed by atoms with Crippen LogP contribution >= 0.6 is 0 Å². The van der Waals surface area contributed by atoms with Crippen LogP contribution in [0.25, 0.3) is 10.9 Å². The lowest BCUT2D eigenvalue weighted by atomic mass is 10.1. The van der Waals surface area contributed by atoms with Gasteiger partial charge in [-0.15, -0.1) is 0 Å². The van der Waals surface area contributed by atoms with Crippen molar-refractivity contribution in [1.29, 1.82) is 0 Å². The van der Waals surface area contributed by atoms with E-state index in [-0.39, 0.29) is 11.6 Å². The summed E-state index contributed by atoms with van der Waals surface area (Å²) in [5.41, 5.74) is 3.57. The summed E-state index contributed by atoms with van der Waals surface area (Å²) in [6.07, 6.45) is 0.968. The van der Waals surface area contributed by atoms with E-state index in [9.17, 15) is 14.7 Å². The number of aromatic carboxylic acids is 1. The Labute approximate surface area is 173 Å².